The van der Waals surface area contributed by atoms with Crippen molar-refractivity contribution < 1.29 is 0 Å². The summed E-state index contributed by atoms with van der Waals surface area (Å²) in [6.07, 6.45) is 2.64. The van der Waals surface area contributed by atoms with Crippen molar-refractivity contribution in [1.29, 1.82) is 0 Å². The zero-order valence-corrected chi connectivity index (χ0v) is 9.49. The number of nitrogens with one attached hydrogen (secondary N) is 1. The van der Waals surface area contributed by atoms with Crippen LogP contribution in [0.2, 0.25) is 0 Å². The van der Waals surface area contributed by atoms with Crippen molar-refractivity contribution in [2.24, 2.45) is 5.92 Å². The molecule has 3 heteroatoms. The maximum Gasteiger partial charge on any atom is 0.0669 e. The van der Waals surface area contributed by atoms with E-state index in [1.54, 1.807) is 0 Å². The highest BCUT2D eigenvalue weighted by Crippen LogP contribution is 2.37. The predicted octanol–water partition coefficient (Wildman–Crippen LogP) is 1.38. The summed E-state index contributed by atoms with van der Waals surface area (Å²) in [4.78, 5) is 2.88. The van der Waals surface area contributed by atoms with Gasteiger partial charge in [0.25, 0.3) is 0 Å². The molecule has 0 bridgehead atoms. The molecule has 76 valence electrons. The molecule has 13 heavy (non-hydrogen) atoms. The molecule has 0 radical (unpaired) electrons. The fraction of sp³-hybridized carbons (Fsp3) is 1.00. The average Bonchev–Trinajstić information content (AvgIpc) is 2.16. The van der Waals surface area contributed by atoms with Crippen LogP contribution in [0, 0.1) is 5.92 Å². The minimum absolute atomic E-state index is 0.443. The number of thioether (sulfide) groups is 1. The third-order valence-electron chi connectivity index (χ3n) is 3.21. The highest BCUT2D eigenvalue weighted by atomic mass is 32.2. The molecule has 2 fully saturated rings. The van der Waals surface area contributed by atoms with Crippen molar-refractivity contribution in [3.05, 3.63) is 0 Å². The third-order valence-corrected chi connectivity index (χ3v) is 5.05. The Bertz CT molecular complexity index is 144. The van der Waals surface area contributed by atoms with Crippen LogP contribution in [0.5, 0.6) is 0 Å². The molecule has 1 unspecified atom stereocenters. The quantitative estimate of drug-likeness (QED) is 0.636. The van der Waals surface area contributed by atoms with Crippen LogP contribution in [0.4, 0.5) is 0 Å². The Morgan fingerprint density at radius 3 is 2.62 bits per heavy atom. The highest BCUT2D eigenvalue weighted by Gasteiger charge is 2.36. The summed E-state index contributed by atoms with van der Waals surface area (Å²) in [6, 6.07) is 0. The lowest BCUT2D eigenvalue weighted by molar-refractivity contribution is 0.209. The van der Waals surface area contributed by atoms with Crippen molar-refractivity contribution in [2.45, 2.75) is 24.6 Å². The normalized spacial score (nSPS) is 35.1. The van der Waals surface area contributed by atoms with Crippen LogP contribution in [0.3, 0.4) is 0 Å². The van der Waals surface area contributed by atoms with Gasteiger partial charge in [-0.1, -0.05) is 6.92 Å². The highest BCUT2D eigenvalue weighted by molar-refractivity contribution is 8.00. The molecule has 2 aliphatic heterocycles. The lowest BCUT2D eigenvalue weighted by Crippen LogP contribution is -2.54. The van der Waals surface area contributed by atoms with Crippen molar-refractivity contribution in [2.75, 3.05) is 32.4 Å². The van der Waals surface area contributed by atoms with Gasteiger partial charge >= 0.3 is 0 Å². The molecule has 2 heterocycles. The Kier molecular flexibility index (Phi) is 2.86. The Hall–Kier alpha value is 0.270. The molecule has 2 rings (SSSR count). The Morgan fingerprint density at radius 1 is 1.38 bits per heavy atom. The predicted molar refractivity (Wildman–Crippen MR) is 59.1 cm³/mol. The van der Waals surface area contributed by atoms with Crippen molar-refractivity contribution in [3.8, 4) is 0 Å². The molecule has 0 aromatic carbocycles. The maximum atomic E-state index is 3.74. The van der Waals surface area contributed by atoms with Crippen molar-refractivity contribution in [1.82, 2.24) is 10.2 Å². The fourth-order valence-electron chi connectivity index (χ4n) is 2.07. The summed E-state index contributed by atoms with van der Waals surface area (Å²) >= 11 is 2.16. The maximum absolute atomic E-state index is 3.74. The molecule has 2 nitrogen and oxygen atoms in total. The van der Waals surface area contributed by atoms with Gasteiger partial charge < -0.3 is 10.2 Å². The lowest BCUT2D eigenvalue weighted by atomic mass is 10.0. The average molecular weight is 200 g/mol. The van der Waals surface area contributed by atoms with Gasteiger partial charge in [-0.05, 0) is 38.1 Å². The van der Waals surface area contributed by atoms with E-state index >= 15 is 0 Å². The standard InChI is InChI=1S/C10H20N2S/c1-9-7-11-10(13-8-9)3-5-12(2)6-4-10/h9,11H,3-8H2,1-2H3. The minimum Gasteiger partial charge on any atom is -0.306 e. The first-order valence-electron chi connectivity index (χ1n) is 5.28. The topological polar surface area (TPSA) is 15.3 Å². The second kappa shape index (κ2) is 3.79. The molecule has 0 aromatic heterocycles. The molecule has 2 saturated heterocycles. The van der Waals surface area contributed by atoms with Gasteiger partial charge in [-0.2, -0.15) is 0 Å². The summed E-state index contributed by atoms with van der Waals surface area (Å²) in [5.74, 6) is 2.20. The molecule has 2 aliphatic rings. The van der Waals surface area contributed by atoms with E-state index in [1.807, 2.05) is 0 Å². The van der Waals surface area contributed by atoms with E-state index < -0.39 is 0 Å². The summed E-state index contributed by atoms with van der Waals surface area (Å²) in [6.45, 7) is 6.07. The summed E-state index contributed by atoms with van der Waals surface area (Å²) in [7, 11) is 2.23. The van der Waals surface area contributed by atoms with Gasteiger partial charge in [-0.3, -0.25) is 0 Å². The number of rotatable bonds is 0. The van der Waals surface area contributed by atoms with Crippen LogP contribution in [0.15, 0.2) is 0 Å². The van der Waals surface area contributed by atoms with Crippen LogP contribution in [-0.4, -0.2) is 42.2 Å². The van der Waals surface area contributed by atoms with Gasteiger partial charge in [0.05, 0.1) is 4.87 Å². The SMILES string of the molecule is CC1CNC2(CCN(C)CC2)SC1. The number of piperidine rings is 1. The van der Waals surface area contributed by atoms with Gasteiger partial charge in [-0.25, -0.2) is 0 Å². The van der Waals surface area contributed by atoms with E-state index in [4.69, 9.17) is 0 Å². The van der Waals surface area contributed by atoms with Crippen LogP contribution < -0.4 is 5.32 Å². The number of nitrogens with zero attached hydrogens (tertiary/aromatic N) is 1. The van der Waals surface area contributed by atoms with Crippen LogP contribution >= 0.6 is 11.8 Å². The zero-order chi connectivity index (χ0) is 9.31. The van der Waals surface area contributed by atoms with E-state index in [0.717, 1.165) is 5.92 Å². The molecule has 0 amide bonds. The molecule has 1 N–H and O–H groups in total. The monoisotopic (exact) mass is 200 g/mol. The summed E-state index contributed by atoms with van der Waals surface area (Å²) in [5, 5.41) is 3.74. The van der Waals surface area contributed by atoms with Crippen LogP contribution in [-0.2, 0) is 0 Å². The number of hydrogen-bond donors (Lipinski definition) is 1. The van der Waals surface area contributed by atoms with E-state index in [9.17, 15) is 0 Å². The van der Waals surface area contributed by atoms with Gasteiger partial charge in [0.2, 0.25) is 0 Å². The largest absolute Gasteiger partial charge is 0.306 e. The van der Waals surface area contributed by atoms with Gasteiger partial charge in [-0.15, -0.1) is 11.8 Å². The Morgan fingerprint density at radius 2 is 2.08 bits per heavy atom. The smallest absolute Gasteiger partial charge is 0.0669 e. The molecular formula is C10H20N2S. The first-order chi connectivity index (χ1) is 6.20. The molecule has 1 spiro atoms. The zero-order valence-electron chi connectivity index (χ0n) is 8.68. The van der Waals surface area contributed by atoms with Crippen LogP contribution in [0.1, 0.15) is 19.8 Å². The van der Waals surface area contributed by atoms with Crippen LogP contribution in [0.25, 0.3) is 0 Å². The number of hydrogen-bond acceptors (Lipinski definition) is 3. The van der Waals surface area contributed by atoms with Gasteiger partial charge in [0.1, 0.15) is 0 Å². The van der Waals surface area contributed by atoms with Crippen molar-refractivity contribution >= 4 is 11.8 Å². The molecular weight excluding hydrogens is 180 g/mol. The first kappa shape index (κ1) is 9.81. The van der Waals surface area contributed by atoms with Gasteiger partial charge in [0.15, 0.2) is 0 Å². The van der Waals surface area contributed by atoms with E-state index in [2.05, 4.69) is 35.9 Å². The molecule has 1 atom stereocenters. The van der Waals surface area contributed by atoms with E-state index in [-0.39, 0.29) is 0 Å². The number of likely N-dealkylation sites (tertiary alicyclic amines) is 1. The molecule has 0 saturated carbocycles. The Labute approximate surface area is 85.4 Å². The Balaban J connectivity index is 1.90. The lowest BCUT2D eigenvalue weighted by Gasteiger charge is -2.44. The first-order valence-corrected chi connectivity index (χ1v) is 6.26. The minimum atomic E-state index is 0.443. The molecule has 0 aliphatic carbocycles. The fourth-order valence-corrected chi connectivity index (χ4v) is 3.45. The molecule has 0 aromatic rings. The van der Waals surface area contributed by atoms with E-state index in [0.29, 0.717) is 4.87 Å². The van der Waals surface area contributed by atoms with Crippen molar-refractivity contribution in [3.63, 3.8) is 0 Å². The van der Waals surface area contributed by atoms with Gasteiger partial charge in [0, 0.05) is 13.1 Å². The summed E-state index contributed by atoms with van der Waals surface area (Å²) in [5.41, 5.74) is 0. The second-order valence-electron chi connectivity index (χ2n) is 4.59. The summed E-state index contributed by atoms with van der Waals surface area (Å²) < 4.78 is 0. The van der Waals surface area contributed by atoms with E-state index in [1.165, 1.54) is 38.2 Å². The second-order valence-corrected chi connectivity index (χ2v) is 6.00. The third kappa shape index (κ3) is 2.20.